The zero-order valence-electron chi connectivity index (χ0n) is 10.1. The minimum absolute atomic E-state index is 0.0120. The van der Waals surface area contributed by atoms with Gasteiger partial charge >= 0.3 is 0 Å². The van der Waals surface area contributed by atoms with Crippen molar-refractivity contribution in [2.75, 3.05) is 11.5 Å². The van der Waals surface area contributed by atoms with Gasteiger partial charge in [0, 0.05) is 12.4 Å². The average Bonchev–Trinajstić information content (AvgIpc) is 2.78. The number of hydrogen-bond acceptors (Lipinski definition) is 4. The fraction of sp³-hybridized carbons (Fsp3) is 0.250. The van der Waals surface area contributed by atoms with Crippen LogP contribution < -0.4 is 5.73 Å². The summed E-state index contributed by atoms with van der Waals surface area (Å²) >= 11 is 0. The number of nitrogens with zero attached hydrogens (tertiary/aromatic N) is 2. The topological polar surface area (TPSA) is 78.0 Å². The number of rotatable bonds is 4. The van der Waals surface area contributed by atoms with Gasteiger partial charge in [0.05, 0.1) is 22.9 Å². The Labute approximate surface area is 106 Å². The van der Waals surface area contributed by atoms with E-state index < -0.39 is 9.84 Å². The maximum absolute atomic E-state index is 12.1. The summed E-state index contributed by atoms with van der Waals surface area (Å²) in [5, 5.41) is 3.97. The summed E-state index contributed by atoms with van der Waals surface area (Å²) in [5.41, 5.74) is 7.00. The second-order valence-corrected chi connectivity index (χ2v) is 6.21. The van der Waals surface area contributed by atoms with Gasteiger partial charge in [-0.15, -0.1) is 0 Å². The number of aryl methyl sites for hydroxylation is 2. The van der Waals surface area contributed by atoms with E-state index in [2.05, 4.69) is 5.10 Å². The molecule has 0 aliphatic rings. The van der Waals surface area contributed by atoms with Crippen molar-refractivity contribution in [3.8, 4) is 0 Å². The lowest BCUT2D eigenvalue weighted by atomic mass is 10.2. The number of nitrogen functional groups attached to an aromatic ring is 1. The van der Waals surface area contributed by atoms with Gasteiger partial charge in [0.25, 0.3) is 0 Å². The lowest BCUT2D eigenvalue weighted by Crippen LogP contribution is -2.15. The molecule has 18 heavy (non-hydrogen) atoms. The summed E-state index contributed by atoms with van der Waals surface area (Å²) in [6, 6.07) is 6.73. The van der Waals surface area contributed by atoms with E-state index in [-0.39, 0.29) is 10.6 Å². The van der Waals surface area contributed by atoms with Gasteiger partial charge in [0.1, 0.15) is 0 Å². The molecule has 1 heterocycles. The highest BCUT2D eigenvalue weighted by molar-refractivity contribution is 7.91. The van der Waals surface area contributed by atoms with Crippen LogP contribution in [0.3, 0.4) is 0 Å². The van der Waals surface area contributed by atoms with E-state index in [0.29, 0.717) is 12.2 Å². The van der Waals surface area contributed by atoms with Crippen LogP contribution >= 0.6 is 0 Å². The normalized spacial score (nSPS) is 11.6. The molecule has 0 amide bonds. The first kappa shape index (κ1) is 12.6. The van der Waals surface area contributed by atoms with Crippen molar-refractivity contribution >= 4 is 15.5 Å². The molecule has 2 rings (SSSR count). The van der Waals surface area contributed by atoms with Crippen LogP contribution in [0.2, 0.25) is 0 Å². The maximum atomic E-state index is 12.1. The SMILES string of the molecule is Cc1ccc(S(=O)(=O)CCn2cccn2)c(N)c1. The van der Waals surface area contributed by atoms with Gasteiger partial charge in [-0.05, 0) is 30.7 Å². The van der Waals surface area contributed by atoms with E-state index >= 15 is 0 Å². The lowest BCUT2D eigenvalue weighted by molar-refractivity contribution is 0.581. The van der Waals surface area contributed by atoms with Gasteiger partial charge in [-0.1, -0.05) is 6.07 Å². The third-order valence-electron chi connectivity index (χ3n) is 2.65. The van der Waals surface area contributed by atoms with Crippen LogP contribution in [0.1, 0.15) is 5.56 Å². The number of nitrogens with two attached hydrogens (primary N) is 1. The standard InChI is InChI=1S/C12H15N3O2S/c1-10-3-4-12(11(13)9-10)18(16,17)8-7-15-6-2-5-14-15/h2-6,9H,7-8,13H2,1H3. The molecule has 2 N–H and O–H groups in total. The molecule has 0 bridgehead atoms. The van der Waals surface area contributed by atoms with E-state index in [1.54, 1.807) is 41.3 Å². The molecule has 0 radical (unpaired) electrons. The predicted molar refractivity (Wildman–Crippen MR) is 69.9 cm³/mol. The quantitative estimate of drug-likeness (QED) is 0.844. The number of hydrogen-bond donors (Lipinski definition) is 1. The second kappa shape index (κ2) is 4.81. The summed E-state index contributed by atoms with van der Waals surface area (Å²) in [6.45, 7) is 2.19. The highest BCUT2D eigenvalue weighted by atomic mass is 32.2. The van der Waals surface area contributed by atoms with Crippen LogP contribution in [-0.4, -0.2) is 24.0 Å². The van der Waals surface area contributed by atoms with Gasteiger partial charge in [-0.3, -0.25) is 4.68 Å². The molecule has 1 aromatic heterocycles. The van der Waals surface area contributed by atoms with Gasteiger partial charge in [-0.25, -0.2) is 8.42 Å². The largest absolute Gasteiger partial charge is 0.398 e. The van der Waals surface area contributed by atoms with Crippen LogP contribution in [0.5, 0.6) is 0 Å². The first-order chi connectivity index (χ1) is 8.49. The van der Waals surface area contributed by atoms with Crippen LogP contribution in [0.15, 0.2) is 41.6 Å². The van der Waals surface area contributed by atoms with Crippen molar-refractivity contribution < 1.29 is 8.42 Å². The van der Waals surface area contributed by atoms with Crippen molar-refractivity contribution in [3.63, 3.8) is 0 Å². The van der Waals surface area contributed by atoms with Crippen LogP contribution in [-0.2, 0) is 16.4 Å². The average molecular weight is 265 g/mol. The minimum atomic E-state index is -3.37. The molecule has 0 spiro atoms. The smallest absolute Gasteiger partial charge is 0.182 e. The predicted octanol–water partition coefficient (Wildman–Crippen LogP) is 1.25. The van der Waals surface area contributed by atoms with Crippen molar-refractivity contribution in [1.82, 2.24) is 9.78 Å². The zero-order chi connectivity index (χ0) is 13.2. The molecule has 96 valence electrons. The molecular formula is C12H15N3O2S. The third-order valence-corrected chi connectivity index (χ3v) is 4.41. The molecule has 6 heteroatoms. The third kappa shape index (κ3) is 2.70. The molecule has 0 unspecified atom stereocenters. The van der Waals surface area contributed by atoms with E-state index in [9.17, 15) is 8.42 Å². The summed E-state index contributed by atoms with van der Waals surface area (Å²) in [4.78, 5) is 0.195. The van der Waals surface area contributed by atoms with Crippen molar-refractivity contribution in [2.45, 2.75) is 18.4 Å². The first-order valence-electron chi connectivity index (χ1n) is 5.55. The fourth-order valence-corrected chi connectivity index (χ4v) is 3.05. The van der Waals surface area contributed by atoms with Crippen LogP contribution in [0.25, 0.3) is 0 Å². The summed E-state index contributed by atoms with van der Waals surface area (Å²) in [5.74, 6) is -0.0120. The lowest BCUT2D eigenvalue weighted by Gasteiger charge is -2.08. The Bertz CT molecular complexity index is 633. The van der Waals surface area contributed by atoms with Crippen molar-refractivity contribution in [2.24, 2.45) is 0 Å². The highest BCUT2D eigenvalue weighted by Crippen LogP contribution is 2.20. The van der Waals surface area contributed by atoms with E-state index in [1.165, 1.54) is 0 Å². The minimum Gasteiger partial charge on any atom is -0.398 e. The van der Waals surface area contributed by atoms with E-state index in [1.807, 2.05) is 6.92 Å². The van der Waals surface area contributed by atoms with Crippen molar-refractivity contribution in [1.29, 1.82) is 0 Å². The molecule has 0 saturated heterocycles. The van der Waals surface area contributed by atoms with E-state index in [0.717, 1.165) is 5.56 Å². The number of benzene rings is 1. The molecule has 0 atom stereocenters. The highest BCUT2D eigenvalue weighted by Gasteiger charge is 2.17. The Morgan fingerprint density at radius 3 is 2.78 bits per heavy atom. The Hall–Kier alpha value is -1.82. The molecule has 1 aromatic carbocycles. The Morgan fingerprint density at radius 2 is 2.17 bits per heavy atom. The van der Waals surface area contributed by atoms with Gasteiger partial charge < -0.3 is 5.73 Å². The molecule has 0 aliphatic carbocycles. The second-order valence-electron chi connectivity index (χ2n) is 4.13. The molecule has 5 nitrogen and oxygen atoms in total. The van der Waals surface area contributed by atoms with Crippen LogP contribution in [0, 0.1) is 6.92 Å². The van der Waals surface area contributed by atoms with Crippen LogP contribution in [0.4, 0.5) is 5.69 Å². The summed E-state index contributed by atoms with van der Waals surface area (Å²) < 4.78 is 25.9. The Balaban J connectivity index is 2.20. The monoisotopic (exact) mass is 265 g/mol. The zero-order valence-corrected chi connectivity index (χ0v) is 10.9. The van der Waals surface area contributed by atoms with E-state index in [4.69, 9.17) is 5.73 Å². The molecule has 0 aliphatic heterocycles. The fourth-order valence-electron chi connectivity index (χ4n) is 1.71. The first-order valence-corrected chi connectivity index (χ1v) is 7.20. The summed E-state index contributed by atoms with van der Waals surface area (Å²) in [6.07, 6.45) is 3.35. The summed E-state index contributed by atoms with van der Waals surface area (Å²) in [7, 11) is -3.37. The molecule has 0 fully saturated rings. The number of aromatic nitrogens is 2. The van der Waals surface area contributed by atoms with Gasteiger partial charge in [0.15, 0.2) is 9.84 Å². The van der Waals surface area contributed by atoms with Crippen molar-refractivity contribution in [3.05, 3.63) is 42.2 Å². The van der Waals surface area contributed by atoms with Gasteiger partial charge in [-0.2, -0.15) is 5.10 Å². The number of sulfone groups is 1. The molecular weight excluding hydrogens is 250 g/mol. The number of anilines is 1. The Kier molecular flexibility index (Phi) is 3.38. The molecule has 2 aromatic rings. The maximum Gasteiger partial charge on any atom is 0.182 e. The Morgan fingerprint density at radius 1 is 1.39 bits per heavy atom. The molecule has 0 saturated carbocycles. The van der Waals surface area contributed by atoms with Gasteiger partial charge in [0.2, 0.25) is 0 Å².